The molecule has 1 amide bonds. The van der Waals surface area contributed by atoms with Gasteiger partial charge in [0.05, 0.1) is 36.2 Å². The molecule has 2 aliphatic rings. The number of aliphatic hydroxyl groups is 1. The van der Waals surface area contributed by atoms with Gasteiger partial charge in [-0.3, -0.25) is 4.57 Å². The molecule has 44 heavy (non-hydrogen) atoms. The highest BCUT2D eigenvalue weighted by Crippen LogP contribution is 2.35. The number of ether oxygens (including phenoxy) is 4. The molecule has 0 radical (unpaired) electrons. The van der Waals surface area contributed by atoms with Crippen molar-refractivity contribution >= 4 is 29.4 Å². The summed E-state index contributed by atoms with van der Waals surface area (Å²) >= 11 is 0. The molecular formula is C28H40N3O11PS. The van der Waals surface area contributed by atoms with Crippen LogP contribution in [0.1, 0.15) is 25.8 Å². The number of nitrogens with zero attached hydrogens (tertiary/aromatic N) is 1. The lowest BCUT2D eigenvalue weighted by molar-refractivity contribution is -0.0907. The van der Waals surface area contributed by atoms with Gasteiger partial charge in [-0.2, -0.15) is 4.31 Å². The third-order valence-corrected chi connectivity index (χ3v) is 9.54. The minimum absolute atomic E-state index is 0.0188. The zero-order valence-corrected chi connectivity index (χ0v) is 26.2. The number of nitrogens with two attached hydrogens (primary N) is 1. The highest BCUT2D eigenvalue weighted by Gasteiger charge is 2.44. The second-order valence-electron chi connectivity index (χ2n) is 11.4. The fourth-order valence-corrected chi connectivity index (χ4v) is 7.12. The fourth-order valence-electron chi connectivity index (χ4n) is 5.13. The SMILES string of the molecule is CC(C)CN(C[C@@H](O)[C@H](Cc1ccc(OCP(=O)(O)O)cc1)NC(=O)O[C@H]1CO[C@H]2OCC[C@H]21)S(=O)(=O)c1cccc(N)c1. The van der Waals surface area contributed by atoms with E-state index < -0.39 is 54.6 Å². The predicted molar refractivity (Wildman–Crippen MR) is 159 cm³/mol. The van der Waals surface area contributed by atoms with Crippen molar-refractivity contribution in [2.45, 2.75) is 56.1 Å². The van der Waals surface area contributed by atoms with Gasteiger partial charge in [0.25, 0.3) is 0 Å². The summed E-state index contributed by atoms with van der Waals surface area (Å²) in [5, 5.41) is 14.2. The second-order valence-corrected chi connectivity index (χ2v) is 14.9. The Morgan fingerprint density at radius 2 is 1.89 bits per heavy atom. The Kier molecular flexibility index (Phi) is 11.3. The van der Waals surface area contributed by atoms with Crippen LogP contribution in [0, 0.1) is 11.8 Å². The zero-order valence-electron chi connectivity index (χ0n) is 24.5. The van der Waals surface area contributed by atoms with E-state index >= 15 is 0 Å². The molecular weight excluding hydrogens is 617 g/mol. The first-order valence-corrected chi connectivity index (χ1v) is 17.5. The summed E-state index contributed by atoms with van der Waals surface area (Å²) in [6.07, 6.45) is -3.17. The van der Waals surface area contributed by atoms with Gasteiger partial charge in [0.15, 0.2) is 12.6 Å². The Labute approximate surface area is 256 Å². The lowest BCUT2D eigenvalue weighted by Crippen LogP contribution is -2.51. The van der Waals surface area contributed by atoms with Crippen molar-refractivity contribution in [2.75, 3.05) is 38.4 Å². The van der Waals surface area contributed by atoms with Gasteiger partial charge in [0.2, 0.25) is 10.0 Å². The van der Waals surface area contributed by atoms with Gasteiger partial charge in [0, 0.05) is 18.8 Å². The van der Waals surface area contributed by atoms with Gasteiger partial charge in [-0.05, 0) is 54.7 Å². The van der Waals surface area contributed by atoms with Crippen LogP contribution in [0.15, 0.2) is 53.4 Å². The zero-order chi connectivity index (χ0) is 32.1. The minimum atomic E-state index is -4.37. The highest BCUT2D eigenvalue weighted by atomic mass is 32.2. The second kappa shape index (κ2) is 14.6. The lowest BCUT2D eigenvalue weighted by Gasteiger charge is -2.31. The molecule has 16 heteroatoms. The van der Waals surface area contributed by atoms with Crippen LogP contribution >= 0.6 is 7.60 Å². The van der Waals surface area contributed by atoms with E-state index in [0.717, 1.165) is 0 Å². The molecule has 5 atom stereocenters. The van der Waals surface area contributed by atoms with Crippen LogP contribution in [-0.2, 0) is 35.2 Å². The molecule has 0 aliphatic carbocycles. The molecule has 0 saturated carbocycles. The molecule has 2 aromatic carbocycles. The molecule has 2 saturated heterocycles. The third kappa shape index (κ3) is 9.38. The van der Waals surface area contributed by atoms with Crippen molar-refractivity contribution in [3.8, 4) is 5.75 Å². The average Bonchev–Trinajstić information content (AvgIpc) is 3.56. The number of alkyl carbamates (subject to hydrolysis) is 1. The summed E-state index contributed by atoms with van der Waals surface area (Å²) in [7, 11) is -8.43. The van der Waals surface area contributed by atoms with Crippen LogP contribution in [-0.4, -0.2) is 90.9 Å². The quantitative estimate of drug-likeness (QED) is 0.146. The number of aliphatic hydroxyl groups excluding tert-OH is 1. The first-order chi connectivity index (χ1) is 20.7. The van der Waals surface area contributed by atoms with Gasteiger partial charge in [-0.1, -0.05) is 32.0 Å². The van der Waals surface area contributed by atoms with E-state index in [1.54, 1.807) is 18.2 Å². The van der Waals surface area contributed by atoms with Crippen molar-refractivity contribution < 1.29 is 51.6 Å². The van der Waals surface area contributed by atoms with Crippen LogP contribution < -0.4 is 15.8 Å². The largest absolute Gasteiger partial charge is 0.481 e. The molecule has 244 valence electrons. The Bertz CT molecular complexity index is 1420. The van der Waals surface area contributed by atoms with Crippen LogP contribution in [0.4, 0.5) is 10.5 Å². The number of sulfonamides is 1. The monoisotopic (exact) mass is 657 g/mol. The molecule has 0 unspecified atom stereocenters. The number of nitrogens with one attached hydrogen (secondary N) is 1. The summed E-state index contributed by atoms with van der Waals surface area (Å²) in [6, 6.07) is 11.1. The molecule has 2 fully saturated rings. The smallest absolute Gasteiger partial charge is 0.407 e. The van der Waals surface area contributed by atoms with E-state index in [4.69, 9.17) is 34.5 Å². The minimum Gasteiger partial charge on any atom is -0.481 e. The molecule has 2 aliphatic heterocycles. The van der Waals surface area contributed by atoms with Gasteiger partial charge < -0.3 is 44.9 Å². The van der Waals surface area contributed by atoms with E-state index in [2.05, 4.69) is 5.32 Å². The Morgan fingerprint density at radius 3 is 2.55 bits per heavy atom. The number of hydrogen-bond acceptors (Lipinski definition) is 10. The molecule has 14 nitrogen and oxygen atoms in total. The third-order valence-electron chi connectivity index (χ3n) is 7.25. The first kappa shape index (κ1) is 34.1. The summed E-state index contributed by atoms with van der Waals surface area (Å²) in [5.41, 5.74) is 6.74. The number of carbonyl (C=O) groups is 1. The first-order valence-electron chi connectivity index (χ1n) is 14.2. The maximum absolute atomic E-state index is 13.6. The van der Waals surface area contributed by atoms with Crippen molar-refractivity contribution in [2.24, 2.45) is 11.8 Å². The Balaban J connectivity index is 1.53. The number of carbonyl (C=O) groups excluding carboxylic acids is 1. The molecule has 0 aromatic heterocycles. The lowest BCUT2D eigenvalue weighted by atomic mass is 10.0. The van der Waals surface area contributed by atoms with Crippen LogP contribution in [0.2, 0.25) is 0 Å². The van der Waals surface area contributed by atoms with E-state index in [0.29, 0.717) is 18.6 Å². The van der Waals surface area contributed by atoms with Gasteiger partial charge in [0.1, 0.15) is 11.9 Å². The normalized spacial score (nSPS) is 21.7. The van der Waals surface area contributed by atoms with Gasteiger partial charge >= 0.3 is 13.7 Å². The summed E-state index contributed by atoms with van der Waals surface area (Å²) < 4.78 is 61.3. The number of hydrogen-bond donors (Lipinski definition) is 5. The standard InChI is InChI=1S/C28H40N3O11PS/c1-18(2)14-31(44(37,38)22-5-3-4-20(29)13-22)15-25(32)24(12-19-6-8-21(9-7-19)41-17-43(34,35)36)30-28(33)42-26-16-40-27-23(26)10-11-39-27/h3-9,13,18,23-27,32H,10-12,14-17,29H2,1-2H3,(H,30,33)(H2,34,35,36)/t23-,24-,25+,26-,27+/m0/s1. The van der Waals surface area contributed by atoms with Crippen LogP contribution in [0.5, 0.6) is 5.75 Å². The Morgan fingerprint density at radius 1 is 1.16 bits per heavy atom. The highest BCUT2D eigenvalue weighted by molar-refractivity contribution is 7.89. The molecule has 4 rings (SSSR count). The summed E-state index contributed by atoms with van der Waals surface area (Å²) in [5.74, 6) is 0.0290. The van der Waals surface area contributed by atoms with E-state index in [9.17, 15) is 22.9 Å². The van der Waals surface area contributed by atoms with Gasteiger partial charge in [-0.25, -0.2) is 13.2 Å². The fraction of sp³-hybridized carbons (Fsp3) is 0.536. The number of nitrogen functional groups attached to an aromatic ring is 1. The molecule has 0 spiro atoms. The maximum atomic E-state index is 13.6. The van der Waals surface area contributed by atoms with Crippen molar-refractivity contribution in [3.63, 3.8) is 0 Å². The topological polar surface area (TPSA) is 207 Å². The number of amides is 1. The predicted octanol–water partition coefficient (Wildman–Crippen LogP) is 1.89. The van der Waals surface area contributed by atoms with E-state index in [1.807, 2.05) is 13.8 Å². The summed E-state index contributed by atoms with van der Waals surface area (Å²) in [4.78, 5) is 31.2. The average molecular weight is 658 g/mol. The molecule has 2 heterocycles. The number of rotatable bonds is 14. The van der Waals surface area contributed by atoms with E-state index in [1.165, 1.54) is 34.6 Å². The van der Waals surface area contributed by atoms with Crippen molar-refractivity contribution in [3.05, 3.63) is 54.1 Å². The van der Waals surface area contributed by atoms with E-state index in [-0.39, 0.29) is 54.3 Å². The maximum Gasteiger partial charge on any atom is 0.407 e. The molecule has 6 N–H and O–H groups in total. The van der Waals surface area contributed by atoms with Gasteiger partial charge in [-0.15, -0.1) is 0 Å². The number of benzene rings is 2. The van der Waals surface area contributed by atoms with Crippen LogP contribution in [0.25, 0.3) is 0 Å². The Hall–Kier alpha value is -2.75. The number of fused-ring (bicyclic) bond motifs is 1. The van der Waals surface area contributed by atoms with Crippen LogP contribution in [0.3, 0.4) is 0 Å². The molecule has 0 bridgehead atoms. The summed E-state index contributed by atoms with van der Waals surface area (Å²) in [6.45, 7) is 4.13. The van der Waals surface area contributed by atoms with Crippen molar-refractivity contribution in [1.82, 2.24) is 9.62 Å². The van der Waals surface area contributed by atoms with Crippen molar-refractivity contribution in [1.29, 1.82) is 0 Å². The number of anilines is 1. The molecule has 2 aromatic rings.